The van der Waals surface area contributed by atoms with Crippen LogP contribution in [0.2, 0.25) is 0 Å². The predicted octanol–water partition coefficient (Wildman–Crippen LogP) is 2.32. The number of fused-ring (bicyclic) bond motifs is 1. The summed E-state index contributed by atoms with van der Waals surface area (Å²) in [5.41, 5.74) is 1.61. The third kappa shape index (κ3) is 3.45. The average Bonchev–Trinajstić information content (AvgIpc) is 3.25. The molecule has 132 valence electrons. The van der Waals surface area contributed by atoms with Crippen LogP contribution in [0.3, 0.4) is 0 Å². The Morgan fingerprint density at radius 1 is 1.32 bits per heavy atom. The molecule has 0 aromatic carbocycles. The maximum Gasteiger partial charge on any atom is 0.230 e. The fourth-order valence-corrected chi connectivity index (χ4v) is 3.95. The SMILES string of the molecule is Cc1ncccc1NC(=O)[C@@H]1COC[C@H]2CN(Cc3ccco3)C[C@H]21. The van der Waals surface area contributed by atoms with Crippen LogP contribution >= 0.6 is 0 Å². The van der Waals surface area contributed by atoms with Gasteiger partial charge in [0.2, 0.25) is 5.91 Å². The second-order valence-electron chi connectivity index (χ2n) is 6.97. The van der Waals surface area contributed by atoms with Gasteiger partial charge in [0.25, 0.3) is 0 Å². The first-order chi connectivity index (χ1) is 12.2. The number of ether oxygens (including phenoxy) is 1. The molecule has 2 aliphatic rings. The number of likely N-dealkylation sites (tertiary alicyclic amines) is 1. The Hall–Kier alpha value is -2.18. The van der Waals surface area contributed by atoms with Gasteiger partial charge in [0.1, 0.15) is 5.76 Å². The Kier molecular flexibility index (Phi) is 4.55. The van der Waals surface area contributed by atoms with Crippen molar-refractivity contribution in [3.63, 3.8) is 0 Å². The van der Waals surface area contributed by atoms with Gasteiger partial charge >= 0.3 is 0 Å². The molecule has 1 amide bonds. The van der Waals surface area contributed by atoms with E-state index in [0.29, 0.717) is 18.4 Å². The molecule has 4 heterocycles. The molecule has 4 rings (SSSR count). The quantitative estimate of drug-likeness (QED) is 0.924. The first-order valence-corrected chi connectivity index (χ1v) is 8.75. The largest absolute Gasteiger partial charge is 0.468 e. The number of nitrogens with one attached hydrogen (secondary N) is 1. The van der Waals surface area contributed by atoms with E-state index in [9.17, 15) is 4.79 Å². The Morgan fingerprint density at radius 2 is 2.24 bits per heavy atom. The van der Waals surface area contributed by atoms with Gasteiger partial charge in [-0.25, -0.2) is 0 Å². The number of anilines is 1. The lowest BCUT2D eigenvalue weighted by atomic mass is 9.82. The van der Waals surface area contributed by atoms with Crippen LogP contribution in [0.1, 0.15) is 11.5 Å². The highest BCUT2D eigenvalue weighted by Gasteiger charge is 2.44. The predicted molar refractivity (Wildman–Crippen MR) is 92.9 cm³/mol. The molecule has 6 heteroatoms. The van der Waals surface area contributed by atoms with Gasteiger partial charge in [0.05, 0.1) is 43.3 Å². The average molecular weight is 341 g/mol. The molecule has 0 aliphatic carbocycles. The topological polar surface area (TPSA) is 67.6 Å². The second-order valence-corrected chi connectivity index (χ2v) is 6.97. The van der Waals surface area contributed by atoms with E-state index in [2.05, 4.69) is 15.2 Å². The Bertz CT molecular complexity index is 731. The van der Waals surface area contributed by atoms with Gasteiger partial charge in [-0.1, -0.05) is 0 Å². The van der Waals surface area contributed by atoms with Gasteiger partial charge in [0, 0.05) is 19.3 Å². The van der Waals surface area contributed by atoms with Gasteiger partial charge in [-0.3, -0.25) is 14.7 Å². The third-order valence-corrected chi connectivity index (χ3v) is 5.27. The smallest absolute Gasteiger partial charge is 0.230 e. The molecular weight excluding hydrogens is 318 g/mol. The van der Waals surface area contributed by atoms with Crippen molar-refractivity contribution in [1.82, 2.24) is 9.88 Å². The minimum atomic E-state index is -0.125. The number of nitrogens with zero attached hydrogens (tertiary/aromatic N) is 2. The molecule has 0 spiro atoms. The number of carbonyl (C=O) groups is 1. The zero-order valence-corrected chi connectivity index (χ0v) is 14.4. The molecule has 2 aliphatic heterocycles. The molecule has 2 aromatic rings. The van der Waals surface area contributed by atoms with Gasteiger partial charge in [-0.05, 0) is 43.0 Å². The summed E-state index contributed by atoms with van der Waals surface area (Å²) in [5.74, 6) is 1.59. The third-order valence-electron chi connectivity index (χ3n) is 5.27. The van der Waals surface area contributed by atoms with E-state index >= 15 is 0 Å². The van der Waals surface area contributed by atoms with Crippen LogP contribution in [0.4, 0.5) is 5.69 Å². The highest BCUT2D eigenvalue weighted by molar-refractivity contribution is 5.93. The summed E-state index contributed by atoms with van der Waals surface area (Å²) in [4.78, 5) is 19.4. The molecule has 0 unspecified atom stereocenters. The lowest BCUT2D eigenvalue weighted by molar-refractivity contribution is -0.128. The van der Waals surface area contributed by atoms with E-state index in [-0.39, 0.29) is 11.8 Å². The molecule has 0 saturated carbocycles. The standard InChI is InChI=1S/C19H23N3O3/c1-13-18(5-2-6-20-13)21-19(23)17-12-24-11-14-8-22(10-16(14)17)9-15-4-3-7-25-15/h2-7,14,16-17H,8-12H2,1H3,(H,21,23)/t14-,16-,17-/m1/s1. The summed E-state index contributed by atoms with van der Waals surface area (Å²) in [6, 6.07) is 7.63. The van der Waals surface area contributed by atoms with Crippen molar-refractivity contribution in [2.24, 2.45) is 17.8 Å². The maximum absolute atomic E-state index is 12.8. The normalized spacial score (nSPS) is 26.4. The summed E-state index contributed by atoms with van der Waals surface area (Å²) in [6.07, 6.45) is 3.43. The van der Waals surface area contributed by atoms with Crippen molar-refractivity contribution < 1.29 is 13.9 Å². The molecule has 3 atom stereocenters. The molecule has 6 nitrogen and oxygen atoms in total. The fraction of sp³-hybridized carbons (Fsp3) is 0.474. The Morgan fingerprint density at radius 3 is 3.04 bits per heavy atom. The van der Waals surface area contributed by atoms with E-state index in [0.717, 1.165) is 43.4 Å². The zero-order chi connectivity index (χ0) is 17.2. The number of rotatable bonds is 4. The van der Waals surface area contributed by atoms with Crippen LogP contribution < -0.4 is 5.32 Å². The number of amides is 1. The summed E-state index contributed by atoms with van der Waals surface area (Å²) in [5, 5.41) is 3.03. The number of pyridine rings is 1. The van der Waals surface area contributed by atoms with Crippen molar-refractivity contribution in [3.8, 4) is 0 Å². The lowest BCUT2D eigenvalue weighted by Crippen LogP contribution is -2.42. The number of hydrogen-bond donors (Lipinski definition) is 1. The molecule has 0 bridgehead atoms. The van der Waals surface area contributed by atoms with Crippen LogP contribution in [0.25, 0.3) is 0 Å². The summed E-state index contributed by atoms with van der Waals surface area (Å²) in [6.45, 7) is 5.75. The lowest BCUT2D eigenvalue weighted by Gasteiger charge is -2.32. The first kappa shape index (κ1) is 16.3. The van der Waals surface area contributed by atoms with E-state index in [4.69, 9.17) is 9.15 Å². The van der Waals surface area contributed by atoms with Crippen LogP contribution in [0.5, 0.6) is 0 Å². The summed E-state index contributed by atoms with van der Waals surface area (Å²) < 4.78 is 11.2. The van der Waals surface area contributed by atoms with E-state index < -0.39 is 0 Å². The number of hydrogen-bond acceptors (Lipinski definition) is 5. The van der Waals surface area contributed by atoms with Crippen molar-refractivity contribution in [3.05, 3.63) is 48.2 Å². The van der Waals surface area contributed by atoms with Gasteiger partial charge in [-0.2, -0.15) is 0 Å². The number of carbonyl (C=O) groups excluding carboxylic acids is 1. The summed E-state index contributed by atoms with van der Waals surface area (Å²) in [7, 11) is 0. The van der Waals surface area contributed by atoms with Crippen LogP contribution in [-0.2, 0) is 16.1 Å². The number of aromatic nitrogens is 1. The van der Waals surface area contributed by atoms with E-state index in [1.54, 1.807) is 12.5 Å². The molecule has 2 fully saturated rings. The van der Waals surface area contributed by atoms with Gasteiger partial charge in [-0.15, -0.1) is 0 Å². The van der Waals surface area contributed by atoms with E-state index in [1.165, 1.54) is 0 Å². The van der Waals surface area contributed by atoms with Crippen LogP contribution in [-0.4, -0.2) is 42.1 Å². The molecule has 2 aromatic heterocycles. The molecule has 0 radical (unpaired) electrons. The molecule has 1 N–H and O–H groups in total. The van der Waals surface area contributed by atoms with Crippen molar-refractivity contribution >= 4 is 11.6 Å². The van der Waals surface area contributed by atoms with Gasteiger partial charge in [0.15, 0.2) is 0 Å². The summed E-state index contributed by atoms with van der Waals surface area (Å²) >= 11 is 0. The maximum atomic E-state index is 12.8. The highest BCUT2D eigenvalue weighted by Crippen LogP contribution is 2.35. The number of aryl methyl sites for hydroxylation is 1. The van der Waals surface area contributed by atoms with Crippen molar-refractivity contribution in [2.75, 3.05) is 31.6 Å². The minimum absolute atomic E-state index is 0.0330. The number of furan rings is 1. The van der Waals surface area contributed by atoms with Crippen LogP contribution in [0.15, 0.2) is 41.1 Å². The highest BCUT2D eigenvalue weighted by atomic mass is 16.5. The van der Waals surface area contributed by atoms with Crippen molar-refractivity contribution in [1.29, 1.82) is 0 Å². The van der Waals surface area contributed by atoms with E-state index in [1.807, 2.05) is 31.2 Å². The molecule has 2 saturated heterocycles. The molecular formula is C19H23N3O3. The minimum Gasteiger partial charge on any atom is -0.468 e. The second kappa shape index (κ2) is 6.98. The Labute approximate surface area is 147 Å². The molecule has 25 heavy (non-hydrogen) atoms. The zero-order valence-electron chi connectivity index (χ0n) is 14.4. The van der Waals surface area contributed by atoms with Crippen molar-refractivity contribution in [2.45, 2.75) is 13.5 Å². The van der Waals surface area contributed by atoms with Crippen LogP contribution in [0, 0.1) is 24.7 Å². The monoisotopic (exact) mass is 341 g/mol. The first-order valence-electron chi connectivity index (χ1n) is 8.75. The fourth-order valence-electron chi connectivity index (χ4n) is 3.95. The van der Waals surface area contributed by atoms with Gasteiger partial charge < -0.3 is 14.5 Å². The Balaban J connectivity index is 1.43.